The first-order chi connectivity index (χ1) is 14.0. The Hall–Kier alpha value is -2.62. The predicted octanol–water partition coefficient (Wildman–Crippen LogP) is 4.04. The van der Waals surface area contributed by atoms with Gasteiger partial charge in [0.15, 0.2) is 5.16 Å². The van der Waals surface area contributed by atoms with Crippen molar-refractivity contribution in [2.75, 3.05) is 0 Å². The van der Waals surface area contributed by atoms with Gasteiger partial charge in [-0.25, -0.2) is 23.5 Å². The first kappa shape index (κ1) is 19.7. The average molecular weight is 429 g/mol. The molecule has 29 heavy (non-hydrogen) atoms. The molecule has 0 radical (unpaired) electrons. The summed E-state index contributed by atoms with van der Waals surface area (Å²) >= 11 is 1.54. The van der Waals surface area contributed by atoms with E-state index in [2.05, 4.69) is 21.5 Å². The zero-order chi connectivity index (χ0) is 20.4. The summed E-state index contributed by atoms with van der Waals surface area (Å²) in [7, 11) is -3.77. The molecule has 2 N–H and O–H groups in total. The topological polar surface area (TPSA) is 104 Å². The van der Waals surface area contributed by atoms with Crippen molar-refractivity contribution in [2.24, 2.45) is 5.14 Å². The summed E-state index contributed by atoms with van der Waals surface area (Å²) in [4.78, 5) is 9.25. The quantitative estimate of drug-likeness (QED) is 0.446. The third-order valence-corrected chi connectivity index (χ3v) is 6.30. The average Bonchev–Trinajstić information content (AvgIpc) is 3.31. The number of hydrogen-bond acceptors (Lipinski definition) is 6. The van der Waals surface area contributed by atoms with Crippen molar-refractivity contribution in [2.45, 2.75) is 35.7 Å². The zero-order valence-electron chi connectivity index (χ0n) is 15.8. The van der Waals surface area contributed by atoms with E-state index in [1.807, 2.05) is 30.3 Å². The number of benzene rings is 2. The molecule has 2 heterocycles. The van der Waals surface area contributed by atoms with Crippen LogP contribution < -0.4 is 5.14 Å². The minimum atomic E-state index is -3.77. The number of primary sulfonamides is 1. The van der Waals surface area contributed by atoms with Gasteiger partial charge >= 0.3 is 0 Å². The van der Waals surface area contributed by atoms with Gasteiger partial charge in [0.25, 0.3) is 0 Å². The van der Waals surface area contributed by atoms with E-state index >= 15 is 0 Å². The molecule has 2 aromatic carbocycles. The van der Waals surface area contributed by atoms with Crippen molar-refractivity contribution in [3.63, 3.8) is 0 Å². The van der Waals surface area contributed by atoms with Gasteiger partial charge in [0, 0.05) is 17.9 Å². The normalized spacial score (nSPS) is 11.9. The van der Waals surface area contributed by atoms with Gasteiger partial charge in [-0.3, -0.25) is 0 Å². The molecule has 0 aliphatic carbocycles. The Balaban J connectivity index is 1.60. The van der Waals surface area contributed by atoms with E-state index in [1.165, 1.54) is 23.9 Å². The Morgan fingerprint density at radius 1 is 1.14 bits per heavy atom. The number of nitrogens with zero attached hydrogens (tertiary/aromatic N) is 3. The third-order valence-electron chi connectivity index (χ3n) is 4.38. The largest absolute Gasteiger partial charge is 0.444 e. The van der Waals surface area contributed by atoms with Crippen LogP contribution in [0.4, 0.5) is 0 Å². The zero-order valence-corrected chi connectivity index (χ0v) is 17.4. The van der Waals surface area contributed by atoms with Crippen LogP contribution in [0.1, 0.15) is 19.0 Å². The number of rotatable bonds is 7. The van der Waals surface area contributed by atoms with Crippen LogP contribution in [-0.2, 0) is 22.3 Å². The van der Waals surface area contributed by atoms with Crippen LogP contribution in [-0.4, -0.2) is 23.0 Å². The van der Waals surface area contributed by atoms with Crippen LogP contribution in [0.5, 0.6) is 0 Å². The molecule has 4 rings (SSSR count). The molecule has 0 bridgehead atoms. The maximum Gasteiger partial charge on any atom is 0.238 e. The number of aryl methyl sites for hydroxylation is 1. The van der Waals surface area contributed by atoms with Crippen LogP contribution in [0.3, 0.4) is 0 Å². The molecular formula is C20H20N4O3S2. The second-order valence-electron chi connectivity index (χ2n) is 6.54. The Kier molecular flexibility index (Phi) is 5.44. The number of hydrogen-bond donors (Lipinski definition) is 1. The fourth-order valence-electron chi connectivity index (χ4n) is 3.04. The molecule has 0 aliphatic heterocycles. The van der Waals surface area contributed by atoms with Crippen molar-refractivity contribution in [3.05, 3.63) is 60.5 Å². The molecule has 0 unspecified atom stereocenters. The molecule has 7 nitrogen and oxygen atoms in total. The standard InChI is InChI=1S/C20H20N4O3S2/c1-2-10-24-18-9-8-16(29(21,25)26)11-17(18)23-20(24)28-13-15-12-27-19(22-15)14-6-4-3-5-7-14/h3-9,11-12H,2,10,13H2,1H3,(H2,21,25,26). The van der Waals surface area contributed by atoms with Crippen LogP contribution in [0.15, 0.2) is 69.3 Å². The van der Waals surface area contributed by atoms with Gasteiger partial charge in [-0.05, 0) is 36.8 Å². The van der Waals surface area contributed by atoms with Crippen molar-refractivity contribution in [1.82, 2.24) is 14.5 Å². The highest BCUT2D eigenvalue weighted by Gasteiger charge is 2.16. The molecule has 0 amide bonds. The van der Waals surface area contributed by atoms with Crippen LogP contribution >= 0.6 is 11.8 Å². The molecule has 2 aromatic heterocycles. The van der Waals surface area contributed by atoms with Crippen LogP contribution in [0, 0.1) is 0 Å². The van der Waals surface area contributed by atoms with Crippen LogP contribution in [0.25, 0.3) is 22.5 Å². The lowest BCUT2D eigenvalue weighted by molar-refractivity contribution is 0.573. The lowest BCUT2D eigenvalue weighted by Crippen LogP contribution is -2.11. The molecule has 0 aliphatic rings. The number of thioether (sulfide) groups is 1. The van der Waals surface area contributed by atoms with Gasteiger partial charge in [-0.2, -0.15) is 0 Å². The summed E-state index contributed by atoms with van der Waals surface area (Å²) in [6, 6.07) is 14.5. The lowest BCUT2D eigenvalue weighted by atomic mass is 10.2. The number of sulfonamides is 1. The second kappa shape index (κ2) is 8.02. The summed E-state index contributed by atoms with van der Waals surface area (Å²) in [6.45, 7) is 2.87. The Morgan fingerprint density at radius 3 is 2.66 bits per heavy atom. The fourth-order valence-corrected chi connectivity index (χ4v) is 4.49. The molecule has 0 atom stereocenters. The first-order valence-corrected chi connectivity index (χ1v) is 11.6. The number of imidazole rings is 1. The van der Waals surface area contributed by atoms with E-state index in [4.69, 9.17) is 9.56 Å². The second-order valence-corrected chi connectivity index (χ2v) is 9.04. The Bertz CT molecular complexity index is 1250. The monoisotopic (exact) mass is 428 g/mol. The van der Waals surface area contributed by atoms with Crippen molar-refractivity contribution >= 4 is 32.8 Å². The van der Waals surface area contributed by atoms with Crippen LogP contribution in [0.2, 0.25) is 0 Å². The summed E-state index contributed by atoms with van der Waals surface area (Å²) in [5.74, 6) is 1.17. The van der Waals surface area contributed by atoms with Gasteiger partial charge < -0.3 is 8.98 Å². The summed E-state index contributed by atoms with van der Waals surface area (Å²) in [5, 5.41) is 6.05. The third kappa shape index (κ3) is 4.21. The molecule has 9 heteroatoms. The minimum absolute atomic E-state index is 0.0618. The molecule has 4 aromatic rings. The first-order valence-electron chi connectivity index (χ1n) is 9.11. The van der Waals surface area contributed by atoms with E-state index in [0.29, 0.717) is 17.2 Å². The number of nitrogens with two attached hydrogens (primary N) is 1. The van der Waals surface area contributed by atoms with Gasteiger partial charge in [-0.15, -0.1) is 0 Å². The minimum Gasteiger partial charge on any atom is -0.444 e. The molecule has 0 saturated carbocycles. The highest BCUT2D eigenvalue weighted by molar-refractivity contribution is 7.98. The SMILES string of the molecule is CCCn1c(SCc2coc(-c3ccccc3)n2)nc2cc(S(N)(=O)=O)ccc21. The smallest absolute Gasteiger partial charge is 0.238 e. The van der Waals surface area contributed by atoms with Gasteiger partial charge in [0.1, 0.15) is 6.26 Å². The van der Waals surface area contributed by atoms with E-state index in [-0.39, 0.29) is 4.90 Å². The summed E-state index contributed by atoms with van der Waals surface area (Å²) in [5.41, 5.74) is 3.23. The van der Waals surface area contributed by atoms with Gasteiger partial charge in [0.2, 0.25) is 15.9 Å². The maximum absolute atomic E-state index is 11.6. The number of aromatic nitrogens is 3. The Morgan fingerprint density at radius 2 is 1.93 bits per heavy atom. The summed E-state index contributed by atoms with van der Waals surface area (Å²) < 4.78 is 31.0. The summed E-state index contributed by atoms with van der Waals surface area (Å²) in [6.07, 6.45) is 2.58. The van der Waals surface area contributed by atoms with Crippen molar-refractivity contribution in [1.29, 1.82) is 0 Å². The lowest BCUT2D eigenvalue weighted by Gasteiger charge is -2.06. The van der Waals surface area contributed by atoms with Crippen molar-refractivity contribution in [3.8, 4) is 11.5 Å². The van der Waals surface area contributed by atoms with Gasteiger partial charge in [-0.1, -0.05) is 36.9 Å². The van der Waals surface area contributed by atoms with E-state index < -0.39 is 10.0 Å². The highest BCUT2D eigenvalue weighted by Crippen LogP contribution is 2.29. The molecule has 150 valence electrons. The highest BCUT2D eigenvalue weighted by atomic mass is 32.2. The van der Waals surface area contributed by atoms with Gasteiger partial charge in [0.05, 0.1) is 21.6 Å². The molecular weight excluding hydrogens is 408 g/mol. The Labute approximate surface area is 173 Å². The number of fused-ring (bicyclic) bond motifs is 1. The number of oxazole rings is 1. The maximum atomic E-state index is 11.6. The van der Waals surface area contributed by atoms with E-state index in [9.17, 15) is 8.42 Å². The van der Waals surface area contributed by atoms with E-state index in [1.54, 1.807) is 12.3 Å². The van der Waals surface area contributed by atoms with Crippen molar-refractivity contribution < 1.29 is 12.8 Å². The predicted molar refractivity (Wildman–Crippen MR) is 113 cm³/mol. The molecule has 0 spiro atoms. The fraction of sp³-hybridized carbons (Fsp3) is 0.200. The molecule has 0 fully saturated rings. The van der Waals surface area contributed by atoms with E-state index in [0.717, 1.165) is 34.9 Å². The molecule has 0 saturated heterocycles.